The van der Waals surface area contributed by atoms with E-state index in [1.165, 1.54) is 19.1 Å². The van der Waals surface area contributed by atoms with E-state index in [1.54, 1.807) is 6.92 Å². The highest BCUT2D eigenvalue weighted by Gasteiger charge is 2.80. The lowest BCUT2D eigenvalue weighted by Gasteiger charge is -2.63. The van der Waals surface area contributed by atoms with Gasteiger partial charge in [0.1, 0.15) is 12.8 Å². The van der Waals surface area contributed by atoms with Gasteiger partial charge in [0.05, 0.1) is 12.2 Å². The Hall–Kier alpha value is -3.24. The molecule has 2 aromatic carbocycles. The molecule has 3 saturated carbocycles. The molecule has 44 heavy (non-hydrogen) atoms. The van der Waals surface area contributed by atoms with Crippen LogP contribution in [-0.2, 0) is 25.5 Å². The average molecular weight is 606 g/mol. The fraction of sp³-hybridized carbons (Fsp3) is 0.486. The first-order chi connectivity index (χ1) is 20.9. The second-order valence-electron chi connectivity index (χ2n) is 13.6. The lowest BCUT2D eigenvalue weighted by atomic mass is 9.44. The number of aliphatic hydroxyl groups excluding tert-OH is 2. The largest absolute Gasteiger partial charge is 0.399 e. The molecule has 0 spiro atoms. The zero-order chi connectivity index (χ0) is 31.2. The molecule has 4 aliphatic carbocycles. The number of carbonyl (C=O) groups excluding carboxylic acids is 2. The summed E-state index contributed by atoms with van der Waals surface area (Å²) >= 11 is 0. The molecule has 0 aromatic heterocycles. The van der Waals surface area contributed by atoms with E-state index in [0.717, 1.165) is 17.2 Å². The van der Waals surface area contributed by atoms with E-state index in [2.05, 4.69) is 0 Å². The first kappa shape index (κ1) is 29.5. The molecule has 0 radical (unpaired) electrons. The molecule has 10 atom stereocenters. The number of ketones is 2. The number of benzene rings is 2. The minimum Gasteiger partial charge on any atom is -0.399 e. The molecule has 1 heterocycles. The van der Waals surface area contributed by atoms with E-state index in [1.807, 2.05) is 48.5 Å². The number of rotatable bonds is 5. The Balaban J connectivity index is 1.21. The van der Waals surface area contributed by atoms with Gasteiger partial charge in [-0.1, -0.05) is 49.4 Å². The molecule has 7 nitrogen and oxygen atoms in total. The van der Waals surface area contributed by atoms with Crippen LogP contribution in [0.2, 0.25) is 0 Å². The summed E-state index contributed by atoms with van der Waals surface area (Å²) in [4.78, 5) is 25.8. The van der Waals surface area contributed by atoms with Crippen molar-refractivity contribution in [2.75, 3.05) is 12.3 Å². The zero-order valence-electron chi connectivity index (χ0n) is 24.7. The van der Waals surface area contributed by atoms with Crippen LogP contribution in [0.25, 0.3) is 0 Å². The number of hydrogen-bond donors (Lipinski definition) is 3. The molecule has 4 N–H and O–H groups in total. The Bertz CT molecular complexity index is 1590. The molecule has 232 valence electrons. The summed E-state index contributed by atoms with van der Waals surface area (Å²) in [7, 11) is 0. The van der Waals surface area contributed by atoms with Gasteiger partial charge in [-0.2, -0.15) is 0 Å². The Morgan fingerprint density at radius 2 is 1.84 bits per heavy atom. The lowest BCUT2D eigenvalue weighted by Crippen LogP contribution is -2.70. The number of fused-ring (bicyclic) bond motifs is 7. The summed E-state index contributed by atoms with van der Waals surface area (Å²) in [6, 6.07) is 15.3. The third-order valence-electron chi connectivity index (χ3n) is 11.5. The molecular formula is C35H37F2NO6. The minimum absolute atomic E-state index is 0.0393. The van der Waals surface area contributed by atoms with E-state index >= 15 is 8.78 Å². The second-order valence-corrected chi connectivity index (χ2v) is 13.6. The van der Waals surface area contributed by atoms with Gasteiger partial charge in [0.25, 0.3) is 0 Å². The van der Waals surface area contributed by atoms with Gasteiger partial charge in [-0.25, -0.2) is 8.78 Å². The molecule has 1 aliphatic heterocycles. The van der Waals surface area contributed by atoms with E-state index in [4.69, 9.17) is 15.2 Å². The maximum Gasteiger partial charge on any atom is 0.193 e. The van der Waals surface area contributed by atoms with Crippen molar-refractivity contribution in [1.29, 1.82) is 0 Å². The topological polar surface area (TPSA) is 119 Å². The number of carbonyl (C=O) groups is 2. The van der Waals surface area contributed by atoms with Gasteiger partial charge in [0, 0.05) is 28.0 Å². The molecule has 4 fully saturated rings. The van der Waals surface area contributed by atoms with Crippen molar-refractivity contribution in [3.8, 4) is 0 Å². The van der Waals surface area contributed by atoms with E-state index in [0.29, 0.717) is 17.7 Å². The minimum atomic E-state index is -2.29. The Kier molecular flexibility index (Phi) is 6.62. The molecule has 2 aromatic rings. The van der Waals surface area contributed by atoms with Crippen molar-refractivity contribution in [3.05, 3.63) is 89.0 Å². The van der Waals surface area contributed by atoms with Gasteiger partial charge < -0.3 is 25.4 Å². The number of alkyl halides is 2. The summed E-state index contributed by atoms with van der Waals surface area (Å²) in [6.07, 6.45) is -0.720. The number of nitrogen functional groups attached to an aromatic ring is 1. The van der Waals surface area contributed by atoms with Crippen LogP contribution in [-0.4, -0.2) is 58.0 Å². The monoisotopic (exact) mass is 605 g/mol. The number of Topliss-reactive ketones (excluding diaryl/α,β-unsaturated/α-hetero) is 1. The van der Waals surface area contributed by atoms with Crippen molar-refractivity contribution in [3.63, 3.8) is 0 Å². The summed E-state index contributed by atoms with van der Waals surface area (Å²) < 4.78 is 46.3. The van der Waals surface area contributed by atoms with Gasteiger partial charge in [-0.05, 0) is 79.5 Å². The van der Waals surface area contributed by atoms with Crippen LogP contribution in [0.15, 0.2) is 72.3 Å². The average Bonchev–Trinajstić information content (AvgIpc) is 3.49. The fourth-order valence-electron chi connectivity index (χ4n) is 9.45. The Morgan fingerprint density at radius 1 is 1.09 bits per heavy atom. The smallest absolute Gasteiger partial charge is 0.193 e. The van der Waals surface area contributed by atoms with E-state index in [9.17, 15) is 19.8 Å². The van der Waals surface area contributed by atoms with Gasteiger partial charge >= 0.3 is 0 Å². The summed E-state index contributed by atoms with van der Waals surface area (Å²) in [5.74, 6) is -2.60. The molecule has 1 saturated heterocycles. The molecule has 0 amide bonds. The predicted octanol–water partition coefficient (Wildman–Crippen LogP) is 4.50. The molecule has 9 heteroatoms. The van der Waals surface area contributed by atoms with Crippen LogP contribution in [0, 0.1) is 22.7 Å². The first-order valence-electron chi connectivity index (χ1n) is 15.2. The summed E-state index contributed by atoms with van der Waals surface area (Å²) in [5.41, 5.74) is 2.78. The summed E-state index contributed by atoms with van der Waals surface area (Å²) in [5, 5.41) is 21.8. The number of ether oxygens (including phenoxy) is 2. The third kappa shape index (κ3) is 3.79. The van der Waals surface area contributed by atoms with Crippen molar-refractivity contribution >= 4 is 17.3 Å². The maximum absolute atomic E-state index is 17.5. The van der Waals surface area contributed by atoms with Crippen LogP contribution in [0.3, 0.4) is 0 Å². The molecule has 0 bridgehead atoms. The second kappa shape index (κ2) is 9.88. The van der Waals surface area contributed by atoms with Crippen molar-refractivity contribution in [2.24, 2.45) is 22.7 Å². The Morgan fingerprint density at radius 3 is 2.55 bits per heavy atom. The molecule has 5 aliphatic rings. The fourth-order valence-corrected chi connectivity index (χ4v) is 9.45. The van der Waals surface area contributed by atoms with Crippen LogP contribution in [0.5, 0.6) is 0 Å². The van der Waals surface area contributed by atoms with Crippen LogP contribution >= 0.6 is 0 Å². The highest BCUT2D eigenvalue weighted by atomic mass is 19.1. The van der Waals surface area contributed by atoms with Gasteiger partial charge in [-0.15, -0.1) is 0 Å². The van der Waals surface area contributed by atoms with Crippen molar-refractivity contribution in [1.82, 2.24) is 0 Å². The third-order valence-corrected chi connectivity index (χ3v) is 11.5. The number of aliphatic hydroxyl groups is 2. The maximum atomic E-state index is 17.5. The van der Waals surface area contributed by atoms with Gasteiger partial charge in [0.2, 0.25) is 0 Å². The quantitative estimate of drug-likeness (QED) is 0.430. The van der Waals surface area contributed by atoms with Crippen molar-refractivity contribution < 1.29 is 38.1 Å². The van der Waals surface area contributed by atoms with Crippen LogP contribution in [0.4, 0.5) is 14.5 Å². The lowest BCUT2D eigenvalue weighted by molar-refractivity contribution is -0.235. The zero-order valence-corrected chi connectivity index (χ0v) is 24.7. The van der Waals surface area contributed by atoms with Crippen LogP contribution < -0.4 is 5.73 Å². The standard InChI is InChI=1S/C35H37F2NO6/c1-32-11-10-23(40)14-26(32)27(36)15-25-24-16-30-35(29(42)18-39,33(24,2)17-28(41)34(25,32)37)44-31(43-30)21-8-6-19(7-9-21)12-20-4-3-5-22(38)13-20/h3-11,13-14,24-25,27-28,30-31,39,41H,12,15-18,38H2,1-2H3/t24-,25-,27-,28-,30?,31-,32-,33-,34-,35+/m0/s1. The van der Waals surface area contributed by atoms with Gasteiger partial charge in [-0.3, -0.25) is 9.59 Å². The SMILES string of the molecule is C[C@]12C=CC(=O)C=C1[C@@H](F)C[C@H]1[C@@H]3CC4O[C@H](c5ccc(Cc6cccc(N)c6)cc5)O[C@@]4(C(=O)CO)[C@@]3(C)C[C@H](O)[C@@]12F. The molecule has 1 unspecified atom stereocenters. The number of hydrogen-bond acceptors (Lipinski definition) is 7. The van der Waals surface area contributed by atoms with E-state index < -0.39 is 76.8 Å². The normalized spacial score (nSPS) is 42.2. The number of anilines is 1. The predicted molar refractivity (Wildman–Crippen MR) is 158 cm³/mol. The van der Waals surface area contributed by atoms with Gasteiger partial charge in [0.15, 0.2) is 29.1 Å². The number of allylic oxidation sites excluding steroid dienone is 4. The number of nitrogens with two attached hydrogens (primary N) is 1. The molecule has 7 rings (SSSR count). The Labute approximate surface area is 254 Å². The van der Waals surface area contributed by atoms with Crippen LogP contribution in [0.1, 0.15) is 56.1 Å². The highest BCUT2D eigenvalue weighted by molar-refractivity contribution is 6.01. The van der Waals surface area contributed by atoms with E-state index in [-0.39, 0.29) is 24.8 Å². The first-order valence-corrected chi connectivity index (χ1v) is 15.2. The number of halogens is 2. The molecular weight excluding hydrogens is 568 g/mol. The highest BCUT2D eigenvalue weighted by Crippen LogP contribution is 2.72. The van der Waals surface area contributed by atoms with Crippen molar-refractivity contribution in [2.45, 2.75) is 75.5 Å². The summed E-state index contributed by atoms with van der Waals surface area (Å²) in [6.45, 7) is 2.49.